The fourth-order valence-corrected chi connectivity index (χ4v) is 2.71. The van der Waals surface area contributed by atoms with E-state index in [9.17, 15) is 20.0 Å². The number of benzene rings is 1. The van der Waals surface area contributed by atoms with Gasteiger partial charge in [-0.2, -0.15) is 5.26 Å². The van der Waals surface area contributed by atoms with Crippen LogP contribution in [0.15, 0.2) is 51.0 Å². The number of hydrogen-bond donors (Lipinski definition) is 3. The Labute approximate surface area is 153 Å². The zero-order valence-corrected chi connectivity index (χ0v) is 14.0. The van der Waals surface area contributed by atoms with Gasteiger partial charge < -0.3 is 30.5 Å². The van der Waals surface area contributed by atoms with Crippen molar-refractivity contribution in [3.8, 4) is 17.6 Å². The summed E-state index contributed by atoms with van der Waals surface area (Å²) in [4.78, 5) is 23.0. The lowest BCUT2D eigenvalue weighted by atomic mass is 9.87. The quantitative estimate of drug-likeness (QED) is 0.674. The minimum atomic E-state index is -0.803. The van der Waals surface area contributed by atoms with Gasteiger partial charge in [-0.15, -0.1) is 0 Å². The Morgan fingerprint density at radius 1 is 1.33 bits per heavy atom. The highest BCUT2D eigenvalue weighted by atomic mass is 16.5. The lowest BCUT2D eigenvalue weighted by Gasteiger charge is -2.24. The lowest BCUT2D eigenvalue weighted by molar-refractivity contribution is -0.119. The number of rotatable bonds is 5. The van der Waals surface area contributed by atoms with Crippen LogP contribution < -0.4 is 26.4 Å². The highest BCUT2D eigenvalue weighted by Gasteiger charge is 2.35. The molecular weight excluding hydrogens is 354 g/mol. The fraction of sp³-hybridized carbons (Fsp3) is 0.167. The van der Waals surface area contributed by atoms with Crippen molar-refractivity contribution in [2.45, 2.75) is 12.5 Å². The minimum absolute atomic E-state index is 0.0338. The van der Waals surface area contributed by atoms with E-state index in [4.69, 9.17) is 25.4 Å². The van der Waals surface area contributed by atoms with Gasteiger partial charge in [0.25, 0.3) is 5.91 Å². The number of aliphatic hydroxyl groups excluding tert-OH is 1. The molecule has 0 saturated heterocycles. The van der Waals surface area contributed by atoms with E-state index >= 15 is 0 Å². The van der Waals surface area contributed by atoms with Crippen molar-refractivity contribution in [3.05, 3.63) is 69.1 Å². The Balaban J connectivity index is 2.08. The average molecular weight is 369 g/mol. The number of ether oxygens (including phenoxy) is 2. The molecule has 5 N–H and O–H groups in total. The molecule has 1 amide bonds. The molecule has 1 aliphatic heterocycles. The molecule has 0 fully saturated rings. The van der Waals surface area contributed by atoms with Crippen LogP contribution in [0.1, 0.15) is 23.0 Å². The number of carbonyl (C=O) groups excluding carboxylic acids is 1. The van der Waals surface area contributed by atoms with E-state index in [0.717, 1.165) is 6.07 Å². The fourth-order valence-electron chi connectivity index (χ4n) is 2.71. The number of allylic oxidation sites excluding steroid dienone is 1. The second-order valence-corrected chi connectivity index (χ2v) is 5.68. The molecule has 0 aliphatic carbocycles. The topological polar surface area (TPSA) is 162 Å². The molecule has 2 heterocycles. The number of hydrogen-bond acceptors (Lipinski definition) is 8. The van der Waals surface area contributed by atoms with Gasteiger partial charge in [0, 0.05) is 6.07 Å². The molecule has 0 radical (unpaired) electrons. The summed E-state index contributed by atoms with van der Waals surface area (Å²) < 4.78 is 16.1. The van der Waals surface area contributed by atoms with Gasteiger partial charge >= 0.3 is 0 Å². The SMILES string of the molecule is N#CC1=C(N)Oc2c(oc(CO)cc2=O)C1c1ccc(OCC(N)=O)cc1. The van der Waals surface area contributed by atoms with Crippen molar-refractivity contribution in [1.29, 1.82) is 5.26 Å². The summed E-state index contributed by atoms with van der Waals surface area (Å²) in [7, 11) is 0. The number of nitrogens with zero attached hydrogens (tertiary/aromatic N) is 1. The summed E-state index contributed by atoms with van der Waals surface area (Å²) in [5, 5.41) is 18.8. The molecule has 9 nitrogen and oxygen atoms in total. The van der Waals surface area contributed by atoms with E-state index in [1.54, 1.807) is 24.3 Å². The summed E-state index contributed by atoms with van der Waals surface area (Å²) in [5.41, 5.74) is 11.0. The van der Waals surface area contributed by atoms with Crippen LogP contribution >= 0.6 is 0 Å². The van der Waals surface area contributed by atoms with Gasteiger partial charge in [-0.3, -0.25) is 9.59 Å². The zero-order chi connectivity index (χ0) is 19.6. The van der Waals surface area contributed by atoms with Crippen molar-refractivity contribution >= 4 is 5.91 Å². The highest BCUT2D eigenvalue weighted by molar-refractivity contribution is 5.75. The van der Waals surface area contributed by atoms with E-state index in [2.05, 4.69) is 0 Å². The van der Waals surface area contributed by atoms with Gasteiger partial charge in [0.2, 0.25) is 17.1 Å². The molecule has 1 aromatic heterocycles. The van der Waals surface area contributed by atoms with Crippen LogP contribution in [0.5, 0.6) is 11.5 Å². The van der Waals surface area contributed by atoms with E-state index < -0.39 is 23.9 Å². The number of carbonyl (C=O) groups is 1. The van der Waals surface area contributed by atoms with Crippen LogP contribution in [0.4, 0.5) is 0 Å². The van der Waals surface area contributed by atoms with E-state index in [-0.39, 0.29) is 35.3 Å². The predicted octanol–water partition coefficient (Wildman–Crippen LogP) is 0.214. The van der Waals surface area contributed by atoms with Gasteiger partial charge in [0.1, 0.15) is 29.8 Å². The Morgan fingerprint density at radius 3 is 2.63 bits per heavy atom. The number of primary amides is 1. The third-order valence-electron chi connectivity index (χ3n) is 3.88. The molecule has 1 unspecified atom stereocenters. The first-order chi connectivity index (χ1) is 12.9. The van der Waals surface area contributed by atoms with Crippen LogP contribution in [0.3, 0.4) is 0 Å². The van der Waals surface area contributed by atoms with Crippen molar-refractivity contribution in [2.75, 3.05) is 6.61 Å². The summed E-state index contributed by atoms with van der Waals surface area (Å²) >= 11 is 0. The first-order valence-electron chi connectivity index (χ1n) is 7.81. The Kier molecular flexibility index (Phi) is 4.83. The molecule has 0 saturated carbocycles. The predicted molar refractivity (Wildman–Crippen MR) is 91.3 cm³/mol. The normalized spacial score (nSPS) is 15.5. The summed E-state index contributed by atoms with van der Waals surface area (Å²) in [6.45, 7) is -0.763. The van der Waals surface area contributed by atoms with Crippen LogP contribution in [0.2, 0.25) is 0 Å². The number of fused-ring (bicyclic) bond motifs is 1. The Bertz CT molecular complexity index is 1020. The Morgan fingerprint density at radius 2 is 2.04 bits per heavy atom. The molecule has 1 atom stereocenters. The molecule has 138 valence electrons. The molecule has 0 bridgehead atoms. The number of nitrogens with two attached hydrogens (primary N) is 2. The lowest BCUT2D eigenvalue weighted by Crippen LogP contribution is -2.25. The molecular formula is C18H15N3O6. The monoisotopic (exact) mass is 369 g/mol. The van der Waals surface area contributed by atoms with Crippen LogP contribution in [0, 0.1) is 11.3 Å². The molecule has 27 heavy (non-hydrogen) atoms. The second-order valence-electron chi connectivity index (χ2n) is 5.68. The van der Waals surface area contributed by atoms with Gasteiger partial charge in [0.15, 0.2) is 12.4 Å². The standard InChI is InChI=1S/C18H15N3O6/c19-6-12-15(9-1-3-10(4-2-9)25-8-14(20)24)17-16(27-18(12)21)13(23)5-11(7-22)26-17/h1-5,15,22H,7-8,21H2,(H2,20,24). The molecule has 0 spiro atoms. The van der Waals surface area contributed by atoms with E-state index in [0.29, 0.717) is 11.3 Å². The first kappa shape index (κ1) is 18.0. The summed E-state index contributed by atoms with van der Waals surface area (Å²) in [6.07, 6.45) is 0. The van der Waals surface area contributed by atoms with Crippen molar-refractivity contribution in [3.63, 3.8) is 0 Å². The molecule has 9 heteroatoms. The summed E-state index contributed by atoms with van der Waals surface area (Å²) in [5.74, 6) is -1.25. The highest BCUT2D eigenvalue weighted by Crippen LogP contribution is 2.41. The maximum atomic E-state index is 12.2. The van der Waals surface area contributed by atoms with Gasteiger partial charge in [-0.05, 0) is 17.7 Å². The number of amides is 1. The van der Waals surface area contributed by atoms with Gasteiger partial charge in [0.05, 0.1) is 5.92 Å². The summed E-state index contributed by atoms with van der Waals surface area (Å²) in [6, 6.07) is 9.48. The van der Waals surface area contributed by atoms with Gasteiger partial charge in [-0.25, -0.2) is 0 Å². The van der Waals surface area contributed by atoms with Crippen LogP contribution in [-0.4, -0.2) is 17.6 Å². The molecule has 3 rings (SSSR count). The Hall–Kier alpha value is -3.77. The van der Waals surface area contributed by atoms with Crippen LogP contribution in [-0.2, 0) is 11.4 Å². The van der Waals surface area contributed by atoms with Crippen molar-refractivity contribution < 1.29 is 23.8 Å². The zero-order valence-electron chi connectivity index (χ0n) is 14.0. The van der Waals surface area contributed by atoms with Crippen molar-refractivity contribution in [1.82, 2.24) is 0 Å². The third-order valence-corrected chi connectivity index (χ3v) is 3.88. The number of aliphatic hydroxyl groups is 1. The third kappa shape index (κ3) is 3.47. The largest absolute Gasteiger partial charge is 0.484 e. The van der Waals surface area contributed by atoms with Gasteiger partial charge in [-0.1, -0.05) is 12.1 Å². The van der Waals surface area contributed by atoms with Crippen LogP contribution in [0.25, 0.3) is 0 Å². The van der Waals surface area contributed by atoms with Crippen molar-refractivity contribution in [2.24, 2.45) is 11.5 Å². The molecule has 2 aromatic rings. The van der Waals surface area contributed by atoms with E-state index in [1.807, 2.05) is 6.07 Å². The minimum Gasteiger partial charge on any atom is -0.484 e. The number of nitriles is 1. The smallest absolute Gasteiger partial charge is 0.255 e. The molecule has 1 aliphatic rings. The molecule has 1 aromatic carbocycles. The average Bonchev–Trinajstić information content (AvgIpc) is 2.66. The maximum absolute atomic E-state index is 12.2. The maximum Gasteiger partial charge on any atom is 0.255 e. The second kappa shape index (κ2) is 7.23. The first-order valence-corrected chi connectivity index (χ1v) is 7.81. The van der Waals surface area contributed by atoms with E-state index in [1.165, 1.54) is 0 Å².